The first-order chi connectivity index (χ1) is 9.33. The van der Waals surface area contributed by atoms with Gasteiger partial charge in [-0.15, -0.1) is 0 Å². The minimum Gasteiger partial charge on any atom is -0.454 e. The second-order valence-corrected chi connectivity index (χ2v) is 4.74. The van der Waals surface area contributed by atoms with Gasteiger partial charge in [-0.1, -0.05) is 36.4 Å². The molecule has 3 rings (SSSR count). The van der Waals surface area contributed by atoms with Crippen LogP contribution in [0.2, 0.25) is 0 Å². The van der Waals surface area contributed by atoms with Crippen molar-refractivity contribution in [3.8, 4) is 11.5 Å². The van der Waals surface area contributed by atoms with Gasteiger partial charge < -0.3 is 15.2 Å². The largest absolute Gasteiger partial charge is 0.454 e. The lowest BCUT2D eigenvalue weighted by atomic mass is 10.00. The maximum atomic E-state index is 6.20. The van der Waals surface area contributed by atoms with Gasteiger partial charge in [-0.2, -0.15) is 0 Å². The first-order valence-corrected chi connectivity index (χ1v) is 6.52. The van der Waals surface area contributed by atoms with Crippen molar-refractivity contribution in [3.05, 3.63) is 59.7 Å². The number of aryl methyl sites for hydroxylation is 1. The monoisotopic (exact) mass is 255 g/mol. The van der Waals surface area contributed by atoms with Crippen molar-refractivity contribution < 1.29 is 9.47 Å². The zero-order valence-electron chi connectivity index (χ0n) is 10.7. The van der Waals surface area contributed by atoms with Crippen molar-refractivity contribution in [2.75, 3.05) is 6.79 Å². The molecule has 0 aliphatic carbocycles. The summed E-state index contributed by atoms with van der Waals surface area (Å²) in [5.74, 6) is 1.67. The fourth-order valence-electron chi connectivity index (χ4n) is 2.29. The van der Waals surface area contributed by atoms with Crippen LogP contribution < -0.4 is 15.2 Å². The van der Waals surface area contributed by atoms with Crippen LogP contribution in [0.1, 0.15) is 23.6 Å². The molecule has 0 amide bonds. The molecule has 19 heavy (non-hydrogen) atoms. The SMILES string of the molecule is N[C@@H](CCc1ccc2c(c1)OCO2)c1ccccc1. The number of fused-ring (bicyclic) bond motifs is 1. The third-order valence-electron chi connectivity index (χ3n) is 3.41. The van der Waals surface area contributed by atoms with E-state index in [1.165, 1.54) is 11.1 Å². The Morgan fingerprint density at radius 1 is 1.00 bits per heavy atom. The van der Waals surface area contributed by atoms with E-state index in [-0.39, 0.29) is 6.04 Å². The predicted octanol–water partition coefficient (Wildman–Crippen LogP) is 3.05. The standard InChI is InChI=1S/C16H17NO2/c17-14(13-4-2-1-3-5-13)8-6-12-7-9-15-16(10-12)19-11-18-15/h1-5,7,9-10,14H,6,8,11,17H2/t14-/m0/s1. The Bertz CT molecular complexity index is 554. The van der Waals surface area contributed by atoms with Gasteiger partial charge in [0.25, 0.3) is 0 Å². The normalized spacial score (nSPS) is 14.4. The Morgan fingerprint density at radius 2 is 1.79 bits per heavy atom. The van der Waals surface area contributed by atoms with Gasteiger partial charge in [0.1, 0.15) is 0 Å². The summed E-state index contributed by atoms with van der Waals surface area (Å²) in [6, 6.07) is 16.4. The molecule has 0 radical (unpaired) electrons. The molecule has 0 bridgehead atoms. The van der Waals surface area contributed by atoms with Gasteiger partial charge in [0, 0.05) is 6.04 Å². The van der Waals surface area contributed by atoms with E-state index < -0.39 is 0 Å². The number of ether oxygens (including phenoxy) is 2. The molecule has 1 aliphatic rings. The van der Waals surface area contributed by atoms with Gasteiger partial charge in [0.2, 0.25) is 6.79 Å². The van der Waals surface area contributed by atoms with Gasteiger partial charge in [0.15, 0.2) is 11.5 Å². The molecular weight excluding hydrogens is 238 g/mol. The summed E-state index contributed by atoms with van der Waals surface area (Å²) < 4.78 is 10.7. The van der Waals surface area contributed by atoms with Crippen LogP contribution in [-0.2, 0) is 6.42 Å². The van der Waals surface area contributed by atoms with Crippen molar-refractivity contribution in [2.24, 2.45) is 5.73 Å². The van der Waals surface area contributed by atoms with Gasteiger partial charge in [-0.25, -0.2) is 0 Å². The van der Waals surface area contributed by atoms with Crippen LogP contribution in [0, 0.1) is 0 Å². The van der Waals surface area contributed by atoms with Crippen LogP contribution in [0.25, 0.3) is 0 Å². The van der Waals surface area contributed by atoms with Gasteiger partial charge >= 0.3 is 0 Å². The van der Waals surface area contributed by atoms with E-state index >= 15 is 0 Å². The first kappa shape index (κ1) is 12.1. The zero-order valence-corrected chi connectivity index (χ0v) is 10.7. The Labute approximate surface area is 113 Å². The van der Waals surface area contributed by atoms with E-state index in [9.17, 15) is 0 Å². The van der Waals surface area contributed by atoms with E-state index in [0.717, 1.165) is 24.3 Å². The quantitative estimate of drug-likeness (QED) is 0.913. The maximum Gasteiger partial charge on any atom is 0.231 e. The van der Waals surface area contributed by atoms with Crippen LogP contribution in [0.5, 0.6) is 11.5 Å². The number of hydrogen-bond acceptors (Lipinski definition) is 3. The van der Waals surface area contributed by atoms with Crippen LogP contribution >= 0.6 is 0 Å². The van der Waals surface area contributed by atoms with Crippen LogP contribution in [0.3, 0.4) is 0 Å². The third kappa shape index (κ3) is 2.71. The second kappa shape index (κ2) is 5.33. The molecule has 0 fully saturated rings. The molecule has 0 spiro atoms. The molecule has 2 N–H and O–H groups in total. The van der Waals surface area contributed by atoms with Crippen molar-refractivity contribution in [1.29, 1.82) is 0 Å². The lowest BCUT2D eigenvalue weighted by Gasteiger charge is -2.12. The summed E-state index contributed by atoms with van der Waals surface area (Å²) in [5, 5.41) is 0. The number of benzene rings is 2. The van der Waals surface area contributed by atoms with Crippen molar-refractivity contribution >= 4 is 0 Å². The highest BCUT2D eigenvalue weighted by molar-refractivity contribution is 5.44. The molecule has 2 aromatic carbocycles. The smallest absolute Gasteiger partial charge is 0.231 e. The number of rotatable bonds is 4. The molecule has 3 heteroatoms. The highest BCUT2D eigenvalue weighted by Crippen LogP contribution is 2.33. The van der Waals surface area contributed by atoms with Crippen molar-refractivity contribution in [1.82, 2.24) is 0 Å². The summed E-state index contributed by atoms with van der Waals surface area (Å²) in [4.78, 5) is 0. The molecule has 1 atom stereocenters. The molecule has 2 aromatic rings. The molecule has 0 saturated carbocycles. The molecule has 0 unspecified atom stereocenters. The summed E-state index contributed by atoms with van der Waals surface area (Å²) in [6.45, 7) is 0.322. The molecule has 0 saturated heterocycles. The van der Waals surface area contributed by atoms with Gasteiger partial charge in [0.05, 0.1) is 0 Å². The summed E-state index contributed by atoms with van der Waals surface area (Å²) in [7, 11) is 0. The topological polar surface area (TPSA) is 44.5 Å². The first-order valence-electron chi connectivity index (χ1n) is 6.52. The highest BCUT2D eigenvalue weighted by Gasteiger charge is 2.13. The van der Waals surface area contributed by atoms with Crippen molar-refractivity contribution in [2.45, 2.75) is 18.9 Å². The lowest BCUT2D eigenvalue weighted by Crippen LogP contribution is -2.11. The molecular formula is C16H17NO2. The fourth-order valence-corrected chi connectivity index (χ4v) is 2.29. The van der Waals surface area contributed by atoms with Crippen molar-refractivity contribution in [3.63, 3.8) is 0 Å². The summed E-state index contributed by atoms with van der Waals surface area (Å²) in [6.07, 6.45) is 1.86. The minimum atomic E-state index is 0.0756. The summed E-state index contributed by atoms with van der Waals surface area (Å²) in [5.41, 5.74) is 8.62. The highest BCUT2D eigenvalue weighted by atomic mass is 16.7. The average molecular weight is 255 g/mol. The second-order valence-electron chi connectivity index (χ2n) is 4.74. The van der Waals surface area contributed by atoms with Crippen LogP contribution in [0.15, 0.2) is 48.5 Å². The average Bonchev–Trinajstić information content (AvgIpc) is 2.93. The minimum absolute atomic E-state index is 0.0756. The number of nitrogens with two attached hydrogens (primary N) is 1. The zero-order chi connectivity index (χ0) is 13.1. The molecule has 3 nitrogen and oxygen atoms in total. The predicted molar refractivity (Wildman–Crippen MR) is 74.3 cm³/mol. The maximum absolute atomic E-state index is 6.20. The fraction of sp³-hybridized carbons (Fsp3) is 0.250. The van der Waals surface area contributed by atoms with Crippen LogP contribution in [-0.4, -0.2) is 6.79 Å². The Balaban J connectivity index is 1.63. The Hall–Kier alpha value is -2.00. The van der Waals surface area contributed by atoms with E-state index in [4.69, 9.17) is 15.2 Å². The van der Waals surface area contributed by atoms with E-state index in [1.807, 2.05) is 30.3 Å². The van der Waals surface area contributed by atoms with E-state index in [1.54, 1.807) is 0 Å². The summed E-state index contributed by atoms with van der Waals surface area (Å²) >= 11 is 0. The molecule has 98 valence electrons. The van der Waals surface area contributed by atoms with E-state index in [2.05, 4.69) is 18.2 Å². The number of hydrogen-bond donors (Lipinski definition) is 1. The lowest BCUT2D eigenvalue weighted by molar-refractivity contribution is 0.174. The van der Waals surface area contributed by atoms with Gasteiger partial charge in [-0.3, -0.25) is 0 Å². The molecule has 1 aliphatic heterocycles. The molecule has 0 aromatic heterocycles. The third-order valence-corrected chi connectivity index (χ3v) is 3.41. The van der Waals surface area contributed by atoms with Crippen LogP contribution in [0.4, 0.5) is 0 Å². The van der Waals surface area contributed by atoms with E-state index in [0.29, 0.717) is 6.79 Å². The van der Waals surface area contributed by atoms with Gasteiger partial charge in [-0.05, 0) is 36.1 Å². The molecule has 1 heterocycles. The Morgan fingerprint density at radius 3 is 2.63 bits per heavy atom. The Kier molecular flexibility index (Phi) is 3.38.